The minimum absolute atomic E-state index is 0.0809. The number of ketones is 1. The summed E-state index contributed by atoms with van der Waals surface area (Å²) in [4.78, 5) is 28.6. The van der Waals surface area contributed by atoms with E-state index >= 15 is 0 Å². The second-order valence-electron chi connectivity index (χ2n) is 12.2. The lowest BCUT2D eigenvalue weighted by atomic mass is 9.39. The fourth-order valence-corrected chi connectivity index (χ4v) is 7.70. The van der Waals surface area contributed by atoms with Crippen molar-refractivity contribution in [2.24, 2.45) is 16.7 Å². The van der Waals surface area contributed by atoms with Gasteiger partial charge in [0.1, 0.15) is 17.8 Å². The quantitative estimate of drug-likeness (QED) is 0.380. The van der Waals surface area contributed by atoms with E-state index in [1.54, 1.807) is 13.8 Å². The summed E-state index contributed by atoms with van der Waals surface area (Å²) in [5.41, 5.74) is -6.60. The third-order valence-electron chi connectivity index (χ3n) is 9.62. The van der Waals surface area contributed by atoms with E-state index in [0.717, 1.165) is 26.1 Å². The van der Waals surface area contributed by atoms with Crippen molar-refractivity contribution < 1.29 is 34.0 Å². The Kier molecular flexibility index (Phi) is 7.93. The predicted molar refractivity (Wildman–Crippen MR) is 136 cm³/mol. The molecule has 0 aromatic rings. The van der Waals surface area contributed by atoms with Crippen molar-refractivity contribution in [1.29, 1.82) is 0 Å². The summed E-state index contributed by atoms with van der Waals surface area (Å²) in [5.74, 6) is -1.51. The Bertz CT molecular complexity index is 872. The van der Waals surface area contributed by atoms with Gasteiger partial charge in [0.05, 0.1) is 18.3 Å². The molecule has 206 valence electrons. The molecule has 2 aliphatic carbocycles. The van der Waals surface area contributed by atoms with Crippen molar-refractivity contribution in [3.8, 4) is 0 Å². The largest absolute Gasteiger partial charge is 0.459 e. The molecule has 2 N–H and O–H groups in total. The van der Waals surface area contributed by atoms with Gasteiger partial charge in [-0.2, -0.15) is 0 Å². The molecule has 8 atom stereocenters. The van der Waals surface area contributed by atoms with Crippen molar-refractivity contribution >= 4 is 11.8 Å². The molecule has 1 aliphatic heterocycles. The molecule has 3 unspecified atom stereocenters. The molecule has 8 heteroatoms. The van der Waals surface area contributed by atoms with Crippen LogP contribution >= 0.6 is 0 Å². The van der Waals surface area contributed by atoms with Crippen LogP contribution in [-0.4, -0.2) is 88.2 Å². The minimum Gasteiger partial charge on any atom is -0.459 e. The summed E-state index contributed by atoms with van der Waals surface area (Å²) in [7, 11) is 0. The van der Waals surface area contributed by atoms with Crippen LogP contribution in [-0.2, 0) is 23.8 Å². The molecule has 1 saturated heterocycles. The van der Waals surface area contributed by atoms with Gasteiger partial charge in [-0.25, -0.2) is 0 Å². The topological polar surface area (TPSA) is 106 Å². The van der Waals surface area contributed by atoms with Gasteiger partial charge < -0.3 is 29.3 Å². The number of fused-ring (bicyclic) bond motifs is 3. The fourth-order valence-electron chi connectivity index (χ4n) is 7.70. The van der Waals surface area contributed by atoms with E-state index < -0.39 is 63.6 Å². The molecule has 2 saturated carbocycles. The summed E-state index contributed by atoms with van der Waals surface area (Å²) in [6, 6.07) is 0. The molecule has 36 heavy (non-hydrogen) atoms. The molecular weight excluding hydrogens is 462 g/mol. The second kappa shape index (κ2) is 9.77. The average Bonchev–Trinajstić information content (AvgIpc) is 2.79. The highest BCUT2D eigenvalue weighted by molar-refractivity contribution is 5.92. The molecule has 0 aromatic heterocycles. The van der Waals surface area contributed by atoms with Gasteiger partial charge in [0.25, 0.3) is 0 Å². The van der Waals surface area contributed by atoms with Gasteiger partial charge in [-0.3, -0.25) is 9.59 Å². The van der Waals surface area contributed by atoms with Gasteiger partial charge in [-0.15, -0.1) is 6.58 Å². The Balaban J connectivity index is 2.19. The van der Waals surface area contributed by atoms with Crippen LogP contribution in [0.25, 0.3) is 0 Å². The Morgan fingerprint density at radius 1 is 1.22 bits per heavy atom. The molecule has 0 spiro atoms. The van der Waals surface area contributed by atoms with Crippen molar-refractivity contribution in [3.63, 3.8) is 0 Å². The molecular formula is C28H47NO7. The van der Waals surface area contributed by atoms with Gasteiger partial charge in [0.2, 0.25) is 0 Å². The maximum absolute atomic E-state index is 14.0. The van der Waals surface area contributed by atoms with Gasteiger partial charge in [0, 0.05) is 31.2 Å². The number of rotatable bonds is 8. The zero-order valence-electron chi connectivity index (χ0n) is 23.4. The first-order chi connectivity index (χ1) is 16.6. The second-order valence-corrected chi connectivity index (χ2v) is 12.2. The van der Waals surface area contributed by atoms with Crippen LogP contribution in [0.1, 0.15) is 74.7 Å². The number of aliphatic hydroxyl groups excluding tert-OH is 1. The highest BCUT2D eigenvalue weighted by atomic mass is 16.6. The molecule has 3 fully saturated rings. The molecule has 0 radical (unpaired) electrons. The Morgan fingerprint density at radius 2 is 1.83 bits per heavy atom. The summed E-state index contributed by atoms with van der Waals surface area (Å²) in [6.45, 7) is 21.5. The lowest BCUT2D eigenvalue weighted by molar-refractivity contribution is -0.372. The monoisotopic (exact) mass is 509 g/mol. The molecule has 1 heterocycles. The van der Waals surface area contributed by atoms with Gasteiger partial charge >= 0.3 is 5.97 Å². The van der Waals surface area contributed by atoms with E-state index in [9.17, 15) is 19.8 Å². The molecule has 0 bridgehead atoms. The summed E-state index contributed by atoms with van der Waals surface area (Å²) in [5, 5.41) is 24.4. The van der Waals surface area contributed by atoms with E-state index in [-0.39, 0.29) is 6.42 Å². The van der Waals surface area contributed by atoms with E-state index in [2.05, 4.69) is 25.3 Å². The van der Waals surface area contributed by atoms with Crippen LogP contribution in [0.2, 0.25) is 0 Å². The number of hydrogen-bond donors (Lipinski definition) is 2. The molecule has 3 aliphatic rings. The van der Waals surface area contributed by atoms with Crippen LogP contribution in [0.4, 0.5) is 0 Å². The summed E-state index contributed by atoms with van der Waals surface area (Å²) in [6.07, 6.45) is -0.167. The molecule has 0 aromatic carbocycles. The number of ether oxygens (including phenoxy) is 3. The standard InChI is InChI=1S/C28H47NO7/c1-10-25(7)17-19(31)28(33)26(8)20(34-16-15-29(11-2)12-3)13-14-24(5,6)22(26)21(35-18(4)30)23(32)27(28,9)36-25/h10,20-23,32-33H,1,11-17H2,2-9H3/t20-,21?,22-,23?,25-,26?,27+,28-/m0/s1. The molecule has 3 rings (SSSR count). The lowest BCUT2D eigenvalue weighted by Gasteiger charge is -2.71. The van der Waals surface area contributed by atoms with Crippen LogP contribution in [0.15, 0.2) is 12.7 Å². The number of aliphatic hydroxyl groups is 2. The van der Waals surface area contributed by atoms with Crippen molar-refractivity contribution in [1.82, 2.24) is 4.90 Å². The van der Waals surface area contributed by atoms with Crippen LogP contribution < -0.4 is 0 Å². The van der Waals surface area contributed by atoms with E-state index in [4.69, 9.17) is 14.2 Å². The van der Waals surface area contributed by atoms with Gasteiger partial charge in [0.15, 0.2) is 11.4 Å². The van der Waals surface area contributed by atoms with Crippen molar-refractivity contribution in [2.75, 3.05) is 26.2 Å². The normalized spacial score (nSPS) is 44.0. The first kappa shape index (κ1) is 29.2. The zero-order chi connectivity index (χ0) is 27.3. The zero-order valence-corrected chi connectivity index (χ0v) is 23.4. The number of likely N-dealkylation sites (N-methyl/N-ethyl adjacent to an activating group) is 1. The number of carbonyl (C=O) groups excluding carboxylic acids is 2. The highest BCUT2D eigenvalue weighted by Gasteiger charge is 2.81. The maximum atomic E-state index is 14.0. The average molecular weight is 510 g/mol. The number of Topliss-reactive ketones (excluding diaryl/α,β-unsaturated/α-hetero) is 1. The van der Waals surface area contributed by atoms with Crippen LogP contribution in [0, 0.1) is 16.7 Å². The number of nitrogens with zero attached hydrogens (tertiary/aromatic N) is 1. The fraction of sp³-hybridized carbons (Fsp3) is 0.857. The first-order valence-electron chi connectivity index (χ1n) is 13.4. The maximum Gasteiger partial charge on any atom is 0.303 e. The Morgan fingerprint density at radius 3 is 2.36 bits per heavy atom. The first-order valence-corrected chi connectivity index (χ1v) is 13.4. The number of esters is 1. The summed E-state index contributed by atoms with van der Waals surface area (Å²) < 4.78 is 18.7. The van der Waals surface area contributed by atoms with E-state index in [0.29, 0.717) is 13.0 Å². The van der Waals surface area contributed by atoms with E-state index in [1.165, 1.54) is 13.0 Å². The van der Waals surface area contributed by atoms with Gasteiger partial charge in [-0.1, -0.05) is 40.7 Å². The third-order valence-corrected chi connectivity index (χ3v) is 9.62. The minimum atomic E-state index is -2.08. The highest BCUT2D eigenvalue weighted by Crippen LogP contribution is 2.67. The third kappa shape index (κ3) is 4.17. The number of carbonyl (C=O) groups is 2. The molecule has 0 amide bonds. The smallest absolute Gasteiger partial charge is 0.303 e. The SMILES string of the molecule is C=C[C@@]1(C)CC(=O)[C@]2(O)C3(C)[C@@H](OCCN(CC)CC)CCC(C)(C)[C@@H]3C(OC(C)=O)C(O)[C@@]2(C)O1. The van der Waals surface area contributed by atoms with Crippen LogP contribution in [0.5, 0.6) is 0 Å². The van der Waals surface area contributed by atoms with Crippen molar-refractivity contribution in [3.05, 3.63) is 12.7 Å². The van der Waals surface area contributed by atoms with Crippen LogP contribution in [0.3, 0.4) is 0 Å². The number of hydrogen-bond acceptors (Lipinski definition) is 8. The molecule has 8 nitrogen and oxygen atoms in total. The Hall–Kier alpha value is -1.32. The van der Waals surface area contributed by atoms with Gasteiger partial charge in [-0.05, 0) is 45.2 Å². The van der Waals surface area contributed by atoms with E-state index in [1.807, 2.05) is 20.8 Å². The Labute approximate surface area is 216 Å². The predicted octanol–water partition coefficient (Wildman–Crippen LogP) is 2.89. The van der Waals surface area contributed by atoms with Crippen molar-refractivity contribution in [2.45, 2.75) is 110 Å². The lowest BCUT2D eigenvalue weighted by Crippen LogP contribution is -2.86. The summed E-state index contributed by atoms with van der Waals surface area (Å²) >= 11 is 0.